The number of phenols is 2. The summed E-state index contributed by atoms with van der Waals surface area (Å²) in [6, 6.07) is 16.1. The molecule has 0 unspecified atom stereocenters. The molecule has 30 nitrogen and oxygen atoms in total. The number of aromatic nitrogens is 6. The van der Waals surface area contributed by atoms with E-state index in [-0.39, 0.29) is 79.1 Å². The number of nitrogens with zero attached hydrogens (tertiary/aromatic N) is 12. The number of azo groups is 4. The second kappa shape index (κ2) is 18.9. The van der Waals surface area contributed by atoms with Gasteiger partial charge in [0.05, 0.1) is 25.6 Å². The molecule has 0 aliphatic rings. The Morgan fingerprint density at radius 1 is 0.528 bits per heavy atom. The van der Waals surface area contributed by atoms with E-state index in [0.717, 1.165) is 12.1 Å². The van der Waals surface area contributed by atoms with Crippen molar-refractivity contribution in [2.24, 2.45) is 40.9 Å². The maximum absolute atomic E-state index is 12.7. The first kappa shape index (κ1) is 48.5. The third-order valence-corrected chi connectivity index (χ3v) is 11.8. The average molecular weight is 1020 g/mol. The lowest BCUT2D eigenvalue weighted by molar-refractivity contribution is 0.0673. The number of anilines is 2. The van der Waals surface area contributed by atoms with Crippen molar-refractivity contribution in [3.8, 4) is 34.1 Å². The van der Waals surface area contributed by atoms with Gasteiger partial charge in [-0.25, -0.2) is 19.8 Å². The zero-order valence-corrected chi connectivity index (χ0v) is 37.8. The van der Waals surface area contributed by atoms with Crippen LogP contribution in [0.4, 0.5) is 57.4 Å². The van der Waals surface area contributed by atoms with Crippen LogP contribution >= 0.6 is 0 Å². The topological polar surface area (TPSA) is 476 Å². The first-order valence-corrected chi connectivity index (χ1v) is 22.5. The van der Waals surface area contributed by atoms with Gasteiger partial charge in [0, 0.05) is 21.5 Å². The van der Waals surface area contributed by atoms with Gasteiger partial charge in [-0.3, -0.25) is 9.11 Å². The fourth-order valence-electron chi connectivity index (χ4n) is 6.72. The largest absolute Gasteiger partial charge is 0.505 e. The minimum Gasteiger partial charge on any atom is -0.505 e. The number of carbonyl (C=O) groups is 2. The van der Waals surface area contributed by atoms with Crippen LogP contribution in [0, 0.1) is 0 Å². The van der Waals surface area contributed by atoms with Gasteiger partial charge in [-0.1, -0.05) is 12.1 Å². The van der Waals surface area contributed by atoms with Crippen LogP contribution in [0.2, 0.25) is 0 Å². The first-order chi connectivity index (χ1) is 34.2. The van der Waals surface area contributed by atoms with Crippen molar-refractivity contribution in [1.29, 1.82) is 0 Å². The molecule has 72 heavy (non-hydrogen) atoms. The second-order valence-corrected chi connectivity index (χ2v) is 17.2. The number of aromatic carboxylic acids is 2. The molecule has 0 amide bonds. The second-order valence-electron chi connectivity index (χ2n) is 14.4. The summed E-state index contributed by atoms with van der Waals surface area (Å²) in [6.45, 7) is 0. The summed E-state index contributed by atoms with van der Waals surface area (Å²) in [4.78, 5) is 27.7. The van der Waals surface area contributed by atoms with Crippen molar-refractivity contribution in [1.82, 2.24) is 30.4 Å². The van der Waals surface area contributed by atoms with Gasteiger partial charge in [0.2, 0.25) is 0 Å². The number of rotatable bonds is 15. The van der Waals surface area contributed by atoms with Gasteiger partial charge in [0.15, 0.2) is 11.5 Å². The molecule has 2 heterocycles. The highest BCUT2D eigenvalue weighted by molar-refractivity contribution is 7.86. The Kier molecular flexibility index (Phi) is 12.7. The molecule has 12 N–H and O–H groups in total. The summed E-state index contributed by atoms with van der Waals surface area (Å²) in [5, 5.41) is 83.5. The summed E-state index contributed by atoms with van der Waals surface area (Å²) in [7, 11) is -7.66. The number of hydrogen-bond acceptors (Lipinski definition) is 24. The van der Waals surface area contributed by atoms with Crippen LogP contribution in [-0.4, -0.2) is 103 Å². The monoisotopic (exact) mass is 1020 g/mol. The minimum absolute atomic E-state index is 0.0193. The Balaban J connectivity index is 1.10. The summed E-state index contributed by atoms with van der Waals surface area (Å²) in [6.07, 6.45) is 0. The molecule has 8 rings (SSSR count). The van der Waals surface area contributed by atoms with Crippen molar-refractivity contribution in [3.63, 3.8) is 0 Å². The van der Waals surface area contributed by atoms with E-state index in [1.54, 1.807) is 12.1 Å². The van der Waals surface area contributed by atoms with E-state index in [0.29, 0.717) is 11.1 Å². The Hall–Kier alpha value is -9.92. The predicted octanol–water partition coefficient (Wildman–Crippen LogP) is 8.04. The molecule has 6 aromatic carbocycles. The Morgan fingerprint density at radius 2 is 0.903 bits per heavy atom. The molecule has 0 aliphatic heterocycles. The van der Waals surface area contributed by atoms with Crippen LogP contribution in [0.15, 0.2) is 124 Å². The zero-order chi connectivity index (χ0) is 51.8. The summed E-state index contributed by atoms with van der Waals surface area (Å²) in [5.74, 6) is -6.16. The lowest BCUT2D eigenvalue weighted by Gasteiger charge is -2.12. The van der Waals surface area contributed by atoms with Gasteiger partial charge in [0.1, 0.15) is 55.4 Å². The summed E-state index contributed by atoms with van der Waals surface area (Å²) >= 11 is 0. The van der Waals surface area contributed by atoms with Crippen molar-refractivity contribution in [3.05, 3.63) is 84.4 Å². The molecule has 0 bridgehead atoms. The van der Waals surface area contributed by atoms with Crippen LogP contribution in [0.1, 0.15) is 21.2 Å². The van der Waals surface area contributed by atoms with Gasteiger partial charge in [-0.05, 0) is 71.8 Å². The lowest BCUT2D eigenvalue weighted by atomic mass is 10.0. The van der Waals surface area contributed by atoms with Crippen LogP contribution in [-0.2, 0) is 20.2 Å². The number of aromatic amines is 2. The number of hydrogen-bond donors (Lipinski definition) is 10. The van der Waals surface area contributed by atoms with Gasteiger partial charge < -0.3 is 41.4 Å². The van der Waals surface area contributed by atoms with Gasteiger partial charge in [0.25, 0.3) is 43.8 Å². The SMILES string of the molecule is COc1cc(-c2ccc(N=Nc3c(S(=O)(=O)O)cc4c(N=Nc5nc(C(=O)O)n[nH]5)c(N)ccc4c3O)c(OC)c2)ccc1N=Nc1c(S(=O)(=O)O)cc2c(N=Nc3nc(C(=O)O)n[nH]3)c(N)ccc2c1O. The minimum atomic E-state index is -5.13. The van der Waals surface area contributed by atoms with Crippen molar-refractivity contribution in [2.75, 3.05) is 25.7 Å². The molecule has 0 atom stereocenters. The Morgan fingerprint density at radius 3 is 1.24 bits per heavy atom. The number of fused-ring (bicyclic) bond motifs is 2. The normalized spacial score (nSPS) is 12.3. The third-order valence-electron chi connectivity index (χ3n) is 10.1. The number of aromatic hydroxyl groups is 2. The fraction of sp³-hybridized carbons (Fsp3) is 0.0500. The number of ether oxygens (including phenoxy) is 2. The average Bonchev–Trinajstić information content (AvgIpc) is 4.03. The highest BCUT2D eigenvalue weighted by Gasteiger charge is 2.26. The molecule has 0 radical (unpaired) electrons. The highest BCUT2D eigenvalue weighted by atomic mass is 32.2. The molecule has 0 aliphatic carbocycles. The van der Waals surface area contributed by atoms with Gasteiger partial charge in [-0.15, -0.1) is 51.1 Å². The number of nitrogen functional groups attached to an aromatic ring is 2. The van der Waals surface area contributed by atoms with Gasteiger partial charge in [-0.2, -0.15) is 26.8 Å². The van der Waals surface area contributed by atoms with E-state index in [9.17, 15) is 45.7 Å². The van der Waals surface area contributed by atoms with Crippen LogP contribution in [0.5, 0.6) is 23.0 Å². The smallest absolute Gasteiger partial charge is 0.375 e. The molecule has 32 heteroatoms. The molecule has 8 aromatic rings. The standard InChI is InChI=1S/C40H30N16O14S2/c1-69-25-11-15(3-9-23(25)45-49-31-27(71(63,64)65)13-19-17(33(31)57)5-7-21(41)29(19)47-53-39-43-35(37(59)60)51-55-39)16-4-10-24(26(12-16)70-2)46-50-32-28(72(66,67)68)14-20-18(34(32)58)6-8-22(42)30(20)48-54-40-44-36(38(61)62)52-56-40/h3-14,57-58H,41-42H2,1-2H3,(H,59,60)(H,61,62)(H,43,51,55)(H,44,52,56)(H,63,64,65)(H,66,67,68). The molecule has 0 spiro atoms. The maximum Gasteiger partial charge on any atom is 0.375 e. The highest BCUT2D eigenvalue weighted by Crippen LogP contribution is 2.48. The van der Waals surface area contributed by atoms with Crippen LogP contribution < -0.4 is 20.9 Å². The molecule has 0 saturated carbocycles. The van der Waals surface area contributed by atoms with Crippen LogP contribution in [0.3, 0.4) is 0 Å². The number of carboxylic acid groups (broad SMARTS) is 2. The Bertz CT molecular complexity index is 3680. The fourth-order valence-corrected chi connectivity index (χ4v) is 8.02. The van der Waals surface area contributed by atoms with E-state index in [1.807, 2.05) is 0 Å². The van der Waals surface area contributed by atoms with E-state index < -0.39 is 76.5 Å². The molecule has 0 fully saturated rings. The van der Waals surface area contributed by atoms with E-state index >= 15 is 0 Å². The number of phenolic OH excluding ortho intramolecular Hbond substituents is 2. The summed E-state index contributed by atoms with van der Waals surface area (Å²) < 4.78 is 82.3. The quantitative estimate of drug-likeness (QED) is 0.0264. The number of nitrogens with two attached hydrogens (primary N) is 2. The van der Waals surface area contributed by atoms with E-state index in [4.69, 9.17) is 31.2 Å². The first-order valence-electron chi connectivity index (χ1n) is 19.6. The zero-order valence-electron chi connectivity index (χ0n) is 36.2. The van der Waals surface area contributed by atoms with Crippen molar-refractivity contribution < 1.29 is 65.4 Å². The van der Waals surface area contributed by atoms with Gasteiger partial charge >= 0.3 is 11.9 Å². The number of nitrogens with one attached hydrogen (secondary N) is 2. The third kappa shape index (κ3) is 9.56. The molecule has 366 valence electrons. The van der Waals surface area contributed by atoms with E-state index in [2.05, 4.69) is 71.3 Å². The van der Waals surface area contributed by atoms with Crippen molar-refractivity contribution in [2.45, 2.75) is 9.79 Å². The molecular formula is C40H30N16O14S2. The lowest BCUT2D eigenvalue weighted by Crippen LogP contribution is -1.99. The summed E-state index contributed by atoms with van der Waals surface area (Å²) in [5.41, 5.74) is 11.3. The predicted molar refractivity (Wildman–Crippen MR) is 248 cm³/mol. The molecular weight excluding hydrogens is 993 g/mol. The molecule has 2 aromatic heterocycles. The number of carboxylic acids is 2. The Labute approximate surface area is 400 Å². The number of H-pyrrole nitrogens is 2. The molecule has 0 saturated heterocycles. The number of methoxy groups -OCH3 is 2. The van der Waals surface area contributed by atoms with Crippen molar-refractivity contribution >= 4 is 111 Å². The van der Waals surface area contributed by atoms with E-state index in [1.165, 1.54) is 62.8 Å². The van der Waals surface area contributed by atoms with Crippen LogP contribution in [0.25, 0.3) is 32.7 Å². The maximum atomic E-state index is 12.7. The number of benzene rings is 6.